The summed E-state index contributed by atoms with van der Waals surface area (Å²) in [5, 5.41) is 1.90. The summed E-state index contributed by atoms with van der Waals surface area (Å²) in [7, 11) is 0. The van der Waals surface area contributed by atoms with Crippen LogP contribution >= 0.6 is 11.3 Å². The Morgan fingerprint density at radius 2 is 1.89 bits per heavy atom. The second kappa shape index (κ2) is 7.32. The number of hydrogen-bond acceptors (Lipinski definition) is 5. The smallest absolute Gasteiger partial charge is 0.346 e. The first kappa shape index (κ1) is 17.4. The van der Waals surface area contributed by atoms with Crippen molar-refractivity contribution < 1.29 is 9.18 Å². The molecule has 0 bridgehead atoms. The molecule has 1 fully saturated rings. The standard InChI is InChI=1S/C19H17FN4O2S/c20-13-4-1-2-5-16(13)23-7-9-24(10-8-23)18(25)15-12-14(21-19(26)22-15)17-6-3-11-27-17/h1-6,11-12H,7-10H2,(H,21,22,26). The van der Waals surface area contributed by atoms with Gasteiger partial charge in [0.1, 0.15) is 11.5 Å². The largest absolute Gasteiger partial charge is 0.366 e. The zero-order valence-corrected chi connectivity index (χ0v) is 15.2. The van der Waals surface area contributed by atoms with Crippen LogP contribution in [0.2, 0.25) is 0 Å². The molecule has 0 unspecified atom stereocenters. The van der Waals surface area contributed by atoms with E-state index >= 15 is 0 Å². The first-order valence-electron chi connectivity index (χ1n) is 8.56. The summed E-state index contributed by atoms with van der Waals surface area (Å²) in [5.41, 5.74) is 0.702. The van der Waals surface area contributed by atoms with Crippen molar-refractivity contribution in [3.63, 3.8) is 0 Å². The molecule has 2 aromatic heterocycles. The number of thiophene rings is 1. The van der Waals surface area contributed by atoms with Crippen LogP contribution in [-0.2, 0) is 0 Å². The van der Waals surface area contributed by atoms with E-state index in [1.165, 1.54) is 17.4 Å². The zero-order valence-electron chi connectivity index (χ0n) is 14.4. The van der Waals surface area contributed by atoms with Crippen LogP contribution in [0.5, 0.6) is 0 Å². The number of aromatic nitrogens is 2. The molecule has 0 spiro atoms. The Balaban J connectivity index is 1.50. The third-order valence-electron chi connectivity index (χ3n) is 4.51. The van der Waals surface area contributed by atoms with Gasteiger partial charge in [0.2, 0.25) is 0 Å². The molecule has 0 radical (unpaired) electrons. The van der Waals surface area contributed by atoms with Crippen molar-refractivity contribution in [3.05, 3.63) is 69.8 Å². The maximum Gasteiger partial charge on any atom is 0.346 e. The molecule has 3 heterocycles. The predicted molar refractivity (Wildman–Crippen MR) is 103 cm³/mol. The number of anilines is 1. The molecule has 1 saturated heterocycles. The Hall–Kier alpha value is -3.00. The van der Waals surface area contributed by atoms with E-state index in [2.05, 4.69) is 9.97 Å². The van der Waals surface area contributed by atoms with Gasteiger partial charge < -0.3 is 14.8 Å². The number of nitrogens with one attached hydrogen (secondary N) is 1. The van der Waals surface area contributed by atoms with Crippen molar-refractivity contribution in [2.75, 3.05) is 31.1 Å². The highest BCUT2D eigenvalue weighted by molar-refractivity contribution is 7.13. The van der Waals surface area contributed by atoms with Crippen LogP contribution < -0.4 is 10.6 Å². The molecule has 1 aliphatic heterocycles. The Kier molecular flexibility index (Phi) is 4.72. The van der Waals surface area contributed by atoms with Gasteiger partial charge >= 0.3 is 5.69 Å². The highest BCUT2D eigenvalue weighted by Crippen LogP contribution is 2.23. The summed E-state index contributed by atoms with van der Waals surface area (Å²) in [6.07, 6.45) is 0. The molecule has 8 heteroatoms. The number of aromatic amines is 1. The number of carbonyl (C=O) groups excluding carboxylic acids is 1. The lowest BCUT2D eigenvalue weighted by atomic mass is 10.2. The minimum atomic E-state index is -0.547. The monoisotopic (exact) mass is 384 g/mol. The number of benzene rings is 1. The van der Waals surface area contributed by atoms with Gasteiger partial charge in [-0.1, -0.05) is 18.2 Å². The SMILES string of the molecule is O=C(c1cc(-c2cccs2)[nH]c(=O)n1)N1CCN(c2ccccc2F)CC1. The molecule has 1 N–H and O–H groups in total. The summed E-state index contributed by atoms with van der Waals surface area (Å²) < 4.78 is 13.9. The summed E-state index contributed by atoms with van der Waals surface area (Å²) in [4.78, 5) is 35.6. The van der Waals surface area contributed by atoms with Gasteiger partial charge in [-0.05, 0) is 29.6 Å². The minimum Gasteiger partial charge on any atom is -0.366 e. The van der Waals surface area contributed by atoms with Crippen molar-refractivity contribution in [2.45, 2.75) is 0 Å². The minimum absolute atomic E-state index is 0.126. The van der Waals surface area contributed by atoms with Gasteiger partial charge in [-0.25, -0.2) is 9.18 Å². The van der Waals surface area contributed by atoms with Crippen molar-refractivity contribution in [1.29, 1.82) is 0 Å². The summed E-state index contributed by atoms with van der Waals surface area (Å²) in [6.45, 7) is 1.92. The van der Waals surface area contributed by atoms with E-state index < -0.39 is 5.69 Å². The van der Waals surface area contributed by atoms with Gasteiger partial charge in [0.25, 0.3) is 5.91 Å². The van der Waals surface area contributed by atoms with Gasteiger partial charge in [0, 0.05) is 26.2 Å². The van der Waals surface area contributed by atoms with E-state index in [9.17, 15) is 14.0 Å². The zero-order chi connectivity index (χ0) is 18.8. The first-order chi connectivity index (χ1) is 13.1. The van der Waals surface area contributed by atoms with Gasteiger partial charge in [-0.15, -0.1) is 11.3 Å². The van der Waals surface area contributed by atoms with Crippen molar-refractivity contribution in [2.24, 2.45) is 0 Å². The lowest BCUT2D eigenvalue weighted by Gasteiger charge is -2.36. The topological polar surface area (TPSA) is 69.3 Å². The third-order valence-corrected chi connectivity index (χ3v) is 5.41. The van der Waals surface area contributed by atoms with E-state index in [1.807, 2.05) is 22.4 Å². The van der Waals surface area contributed by atoms with Gasteiger partial charge in [0.05, 0.1) is 16.3 Å². The average molecular weight is 384 g/mol. The lowest BCUT2D eigenvalue weighted by molar-refractivity contribution is 0.0740. The van der Waals surface area contributed by atoms with Crippen LogP contribution in [0.1, 0.15) is 10.5 Å². The molecule has 6 nitrogen and oxygen atoms in total. The van der Waals surface area contributed by atoms with Gasteiger partial charge in [0.15, 0.2) is 0 Å². The maximum absolute atomic E-state index is 13.9. The Morgan fingerprint density at radius 1 is 1.11 bits per heavy atom. The number of H-pyrrole nitrogens is 1. The molecular formula is C19H17FN4O2S. The van der Waals surface area contributed by atoms with Crippen LogP contribution in [0.3, 0.4) is 0 Å². The molecule has 3 aromatic rings. The highest BCUT2D eigenvalue weighted by atomic mass is 32.1. The van der Waals surface area contributed by atoms with Crippen molar-refractivity contribution in [1.82, 2.24) is 14.9 Å². The van der Waals surface area contributed by atoms with Crippen LogP contribution in [0.25, 0.3) is 10.6 Å². The quantitative estimate of drug-likeness (QED) is 0.754. The fourth-order valence-electron chi connectivity index (χ4n) is 3.15. The van der Waals surface area contributed by atoms with Crippen molar-refractivity contribution in [3.8, 4) is 10.6 Å². The summed E-state index contributed by atoms with van der Waals surface area (Å²) >= 11 is 1.47. The predicted octanol–water partition coefficient (Wildman–Crippen LogP) is 2.60. The number of hydrogen-bond donors (Lipinski definition) is 1. The molecule has 1 aliphatic rings. The Labute approximate surface area is 158 Å². The normalized spacial score (nSPS) is 14.4. The van der Waals surface area contributed by atoms with Gasteiger partial charge in [-0.2, -0.15) is 4.98 Å². The van der Waals surface area contributed by atoms with Crippen LogP contribution in [0.15, 0.2) is 52.6 Å². The summed E-state index contributed by atoms with van der Waals surface area (Å²) in [6, 6.07) is 12.0. The Bertz CT molecular complexity index is 1010. The second-order valence-electron chi connectivity index (χ2n) is 6.19. The molecular weight excluding hydrogens is 367 g/mol. The molecule has 1 amide bonds. The maximum atomic E-state index is 13.9. The second-order valence-corrected chi connectivity index (χ2v) is 7.14. The first-order valence-corrected chi connectivity index (χ1v) is 9.44. The molecule has 1 aromatic carbocycles. The number of para-hydroxylation sites is 1. The van der Waals surface area contributed by atoms with Gasteiger partial charge in [-0.3, -0.25) is 4.79 Å². The van der Waals surface area contributed by atoms with E-state index in [-0.39, 0.29) is 17.4 Å². The Morgan fingerprint density at radius 3 is 2.59 bits per heavy atom. The number of halogens is 1. The molecule has 0 saturated carbocycles. The van der Waals surface area contributed by atoms with Crippen LogP contribution in [-0.4, -0.2) is 47.0 Å². The van der Waals surface area contributed by atoms with Crippen LogP contribution in [0, 0.1) is 5.82 Å². The molecule has 27 heavy (non-hydrogen) atoms. The molecule has 138 valence electrons. The number of piperazine rings is 1. The van der Waals surface area contributed by atoms with E-state index in [1.54, 1.807) is 29.2 Å². The highest BCUT2D eigenvalue weighted by Gasteiger charge is 2.25. The number of carbonyl (C=O) groups is 1. The number of rotatable bonds is 3. The fraction of sp³-hybridized carbons (Fsp3) is 0.211. The van der Waals surface area contributed by atoms with E-state index in [4.69, 9.17) is 0 Å². The summed E-state index contributed by atoms with van der Waals surface area (Å²) in [5.74, 6) is -0.554. The molecule has 0 aliphatic carbocycles. The number of amides is 1. The third kappa shape index (κ3) is 3.61. The fourth-order valence-corrected chi connectivity index (χ4v) is 3.85. The average Bonchev–Trinajstić information content (AvgIpc) is 3.22. The van der Waals surface area contributed by atoms with E-state index in [0.717, 1.165) is 4.88 Å². The van der Waals surface area contributed by atoms with Crippen LogP contribution in [0.4, 0.5) is 10.1 Å². The van der Waals surface area contributed by atoms with Crippen molar-refractivity contribution >= 4 is 22.9 Å². The lowest BCUT2D eigenvalue weighted by Crippen LogP contribution is -2.49. The van der Waals surface area contributed by atoms with E-state index in [0.29, 0.717) is 37.6 Å². The number of nitrogens with zero attached hydrogens (tertiary/aromatic N) is 3. The molecule has 4 rings (SSSR count). The molecule has 0 atom stereocenters.